The maximum absolute atomic E-state index is 6.05. The molecule has 0 aliphatic rings. The van der Waals surface area contributed by atoms with Crippen molar-refractivity contribution >= 4 is 16.7 Å². The molecule has 0 amide bonds. The molecule has 0 spiro atoms. The van der Waals surface area contributed by atoms with E-state index >= 15 is 0 Å². The van der Waals surface area contributed by atoms with Crippen LogP contribution in [0.1, 0.15) is 26.3 Å². The number of fused-ring (bicyclic) bond motifs is 1. The minimum absolute atomic E-state index is 0.00920. The Balaban J connectivity index is 1.95. The summed E-state index contributed by atoms with van der Waals surface area (Å²) < 4.78 is 13.6. The number of ether oxygens (including phenoxy) is 2. The predicted octanol–water partition coefficient (Wildman–Crippen LogP) is 5.49. The van der Waals surface area contributed by atoms with Gasteiger partial charge in [0.15, 0.2) is 0 Å². The first-order chi connectivity index (χ1) is 15.0. The van der Waals surface area contributed by atoms with Gasteiger partial charge in [-0.2, -0.15) is 5.10 Å². The Labute approximate surface area is 182 Å². The van der Waals surface area contributed by atoms with Crippen molar-refractivity contribution < 1.29 is 9.47 Å². The number of aromatic nitrogens is 4. The van der Waals surface area contributed by atoms with Gasteiger partial charge in [0.2, 0.25) is 0 Å². The molecule has 0 N–H and O–H groups in total. The molecule has 6 nitrogen and oxygen atoms in total. The fourth-order valence-electron chi connectivity index (χ4n) is 3.59. The second-order valence-corrected chi connectivity index (χ2v) is 7.54. The molecule has 0 aliphatic carbocycles. The summed E-state index contributed by atoms with van der Waals surface area (Å²) in [5.74, 6) is 1.25. The van der Waals surface area contributed by atoms with Crippen molar-refractivity contribution in [2.75, 3.05) is 6.61 Å². The summed E-state index contributed by atoms with van der Waals surface area (Å²) in [6, 6.07) is 14.0. The Morgan fingerprint density at radius 3 is 2.58 bits per heavy atom. The van der Waals surface area contributed by atoms with E-state index < -0.39 is 0 Å². The van der Waals surface area contributed by atoms with Gasteiger partial charge in [0.25, 0.3) is 0 Å². The van der Waals surface area contributed by atoms with Crippen LogP contribution >= 0.6 is 0 Å². The molecule has 4 aromatic rings. The fourth-order valence-corrected chi connectivity index (χ4v) is 3.59. The zero-order chi connectivity index (χ0) is 22.0. The number of hydrogen-bond acceptors (Lipinski definition) is 5. The predicted molar refractivity (Wildman–Crippen MR) is 124 cm³/mol. The molecule has 0 atom stereocenters. The van der Waals surface area contributed by atoms with Crippen molar-refractivity contribution in [1.29, 1.82) is 0 Å². The minimum atomic E-state index is 0.00920. The average molecular weight is 415 g/mol. The van der Waals surface area contributed by atoms with Gasteiger partial charge in [0.05, 0.1) is 29.5 Å². The Morgan fingerprint density at radius 2 is 1.87 bits per heavy atom. The van der Waals surface area contributed by atoms with Gasteiger partial charge in [-0.05, 0) is 26.8 Å². The molecule has 0 unspecified atom stereocenters. The molecular formula is C25H26N4O2. The van der Waals surface area contributed by atoms with Crippen molar-refractivity contribution in [1.82, 2.24) is 19.7 Å². The van der Waals surface area contributed by atoms with Crippen LogP contribution in [-0.2, 0) is 11.8 Å². The van der Waals surface area contributed by atoms with Crippen LogP contribution in [0.3, 0.4) is 0 Å². The second-order valence-electron chi connectivity index (χ2n) is 7.54. The number of hydrogen-bond donors (Lipinski definition) is 0. The molecule has 2 aromatic carbocycles. The van der Waals surface area contributed by atoms with E-state index in [2.05, 4.69) is 16.5 Å². The minimum Gasteiger partial charge on any atom is -0.494 e. The normalized spacial score (nSPS) is 11.1. The van der Waals surface area contributed by atoms with Crippen molar-refractivity contribution in [3.63, 3.8) is 0 Å². The molecule has 2 aromatic heterocycles. The van der Waals surface area contributed by atoms with Crippen LogP contribution in [0.15, 0.2) is 61.6 Å². The van der Waals surface area contributed by atoms with Crippen molar-refractivity contribution in [3.05, 3.63) is 67.1 Å². The van der Waals surface area contributed by atoms with Crippen molar-refractivity contribution in [2.45, 2.75) is 26.9 Å². The first-order valence-corrected chi connectivity index (χ1v) is 10.3. The second kappa shape index (κ2) is 8.60. The number of rotatable bonds is 7. The molecule has 6 heteroatoms. The SMILES string of the molecule is C=C(OCC)c1cc2c(-c3cn(C)nc3-c3ccccc3)ncnc2cc1OC(C)C. The van der Waals surface area contributed by atoms with Gasteiger partial charge in [-0.15, -0.1) is 0 Å². The van der Waals surface area contributed by atoms with E-state index in [1.165, 1.54) is 0 Å². The van der Waals surface area contributed by atoms with E-state index in [0.717, 1.165) is 39.0 Å². The summed E-state index contributed by atoms with van der Waals surface area (Å²) >= 11 is 0. The molecule has 0 radical (unpaired) electrons. The van der Waals surface area contributed by atoms with Gasteiger partial charge in [-0.25, -0.2) is 9.97 Å². The molecular weight excluding hydrogens is 388 g/mol. The zero-order valence-corrected chi connectivity index (χ0v) is 18.3. The summed E-state index contributed by atoms with van der Waals surface area (Å²) in [6.07, 6.45) is 3.57. The lowest BCUT2D eigenvalue weighted by atomic mass is 10.0. The van der Waals surface area contributed by atoms with Crippen LogP contribution in [0, 0.1) is 0 Å². The van der Waals surface area contributed by atoms with Gasteiger partial charge >= 0.3 is 0 Å². The largest absolute Gasteiger partial charge is 0.494 e. The van der Waals surface area contributed by atoms with E-state index in [-0.39, 0.29) is 6.10 Å². The van der Waals surface area contributed by atoms with Gasteiger partial charge in [0, 0.05) is 35.8 Å². The van der Waals surface area contributed by atoms with Crippen LogP contribution in [-0.4, -0.2) is 32.5 Å². The molecule has 0 saturated heterocycles. The molecule has 0 fully saturated rings. The van der Waals surface area contributed by atoms with E-state index in [1.807, 2.05) is 81.2 Å². The Bertz CT molecular complexity index is 1230. The highest BCUT2D eigenvalue weighted by Crippen LogP contribution is 2.37. The summed E-state index contributed by atoms with van der Waals surface area (Å²) in [4.78, 5) is 9.14. The fraction of sp³-hybridized carbons (Fsp3) is 0.240. The number of nitrogens with zero attached hydrogens (tertiary/aromatic N) is 4. The molecule has 31 heavy (non-hydrogen) atoms. The highest BCUT2D eigenvalue weighted by molar-refractivity contribution is 5.98. The van der Waals surface area contributed by atoms with Crippen LogP contribution < -0.4 is 4.74 Å². The smallest absolute Gasteiger partial charge is 0.132 e. The lowest BCUT2D eigenvalue weighted by Gasteiger charge is -2.17. The van der Waals surface area contributed by atoms with Gasteiger partial charge < -0.3 is 9.47 Å². The van der Waals surface area contributed by atoms with Gasteiger partial charge in [-0.1, -0.05) is 36.9 Å². The van der Waals surface area contributed by atoms with Crippen molar-refractivity contribution in [3.8, 4) is 28.3 Å². The van der Waals surface area contributed by atoms with E-state index in [4.69, 9.17) is 14.6 Å². The monoisotopic (exact) mass is 414 g/mol. The third-order valence-corrected chi connectivity index (χ3v) is 4.85. The van der Waals surface area contributed by atoms with Gasteiger partial charge in [0.1, 0.15) is 23.5 Å². The first kappa shape index (κ1) is 20.6. The Morgan fingerprint density at radius 1 is 1.10 bits per heavy atom. The number of benzene rings is 2. The molecule has 0 bridgehead atoms. The summed E-state index contributed by atoms with van der Waals surface area (Å²) in [7, 11) is 1.91. The van der Waals surface area contributed by atoms with E-state index in [0.29, 0.717) is 18.1 Å². The lowest BCUT2D eigenvalue weighted by Crippen LogP contribution is -2.08. The average Bonchev–Trinajstić information content (AvgIpc) is 3.14. The molecule has 4 rings (SSSR count). The van der Waals surface area contributed by atoms with Crippen LogP contribution in [0.5, 0.6) is 5.75 Å². The standard InChI is InChI=1S/C25H26N4O2/c1-6-30-17(4)19-12-20-22(13-23(19)31-16(2)3)26-15-27-25(20)21-14-29(5)28-24(21)18-10-8-7-9-11-18/h7-16H,4,6H2,1-3,5H3. The zero-order valence-electron chi connectivity index (χ0n) is 18.3. The first-order valence-electron chi connectivity index (χ1n) is 10.3. The molecule has 0 aliphatic heterocycles. The maximum atomic E-state index is 6.05. The third kappa shape index (κ3) is 4.14. The number of aryl methyl sites for hydroxylation is 1. The quantitative estimate of drug-likeness (QED) is 0.374. The molecule has 2 heterocycles. The van der Waals surface area contributed by atoms with Crippen LogP contribution in [0.4, 0.5) is 0 Å². The Hall–Kier alpha value is -3.67. The molecule has 158 valence electrons. The van der Waals surface area contributed by atoms with E-state index in [9.17, 15) is 0 Å². The molecule has 0 saturated carbocycles. The van der Waals surface area contributed by atoms with Crippen LogP contribution in [0.25, 0.3) is 39.2 Å². The summed E-state index contributed by atoms with van der Waals surface area (Å²) in [5, 5.41) is 5.59. The topological polar surface area (TPSA) is 62.1 Å². The third-order valence-electron chi connectivity index (χ3n) is 4.85. The van der Waals surface area contributed by atoms with E-state index in [1.54, 1.807) is 6.33 Å². The highest BCUT2D eigenvalue weighted by Gasteiger charge is 2.19. The summed E-state index contributed by atoms with van der Waals surface area (Å²) in [6.45, 7) is 10.5. The lowest BCUT2D eigenvalue weighted by molar-refractivity contribution is 0.238. The highest BCUT2D eigenvalue weighted by atomic mass is 16.5. The van der Waals surface area contributed by atoms with Crippen molar-refractivity contribution in [2.24, 2.45) is 7.05 Å². The summed E-state index contributed by atoms with van der Waals surface area (Å²) in [5.41, 5.74) is 5.23. The van der Waals surface area contributed by atoms with Gasteiger partial charge in [-0.3, -0.25) is 4.68 Å². The Kier molecular flexibility index (Phi) is 5.71. The van der Waals surface area contributed by atoms with Crippen LogP contribution in [0.2, 0.25) is 0 Å². The maximum Gasteiger partial charge on any atom is 0.132 e.